The van der Waals surface area contributed by atoms with Crippen molar-refractivity contribution in [1.29, 1.82) is 5.26 Å². The maximum absolute atomic E-state index is 8.45. The summed E-state index contributed by atoms with van der Waals surface area (Å²) in [6.45, 7) is 5.01. The first-order chi connectivity index (χ1) is 4.04. The molecule has 0 aromatic heterocycles. The number of nitriles is 1. The highest BCUT2D eigenvalue weighted by Gasteiger charge is 2.20. The molecule has 0 spiro atoms. The predicted octanol–water partition coefficient (Wildman–Crippen LogP) is 1.39. The molecule has 0 aromatic rings. The zero-order chi connectivity index (χ0) is 7.49. The lowest BCUT2D eigenvalue weighted by Gasteiger charge is -2.11. The van der Waals surface area contributed by atoms with Gasteiger partial charge in [-0.05, 0) is 20.8 Å². The molecule has 0 aliphatic rings. The summed E-state index contributed by atoms with van der Waals surface area (Å²) in [5.41, 5.74) is -0.209. The molecule has 0 bridgehead atoms. The van der Waals surface area contributed by atoms with Crippen molar-refractivity contribution in [2.24, 2.45) is 10.6 Å². The van der Waals surface area contributed by atoms with Crippen LogP contribution < -0.4 is 0 Å². The maximum atomic E-state index is 8.45. The van der Waals surface area contributed by atoms with E-state index in [0.717, 1.165) is 0 Å². The van der Waals surface area contributed by atoms with Crippen molar-refractivity contribution in [2.45, 2.75) is 20.8 Å². The van der Waals surface area contributed by atoms with Gasteiger partial charge in [0, 0.05) is 0 Å². The summed E-state index contributed by atoms with van der Waals surface area (Å²) in [6.07, 6.45) is 0. The SMILES string of the molecule is C/C(=N\O)C(C)(C)C#N. The number of nitrogens with zero attached hydrogens (tertiary/aromatic N) is 2. The molecule has 3 nitrogen and oxygen atoms in total. The topological polar surface area (TPSA) is 56.4 Å². The fourth-order valence-electron chi connectivity index (χ4n) is 0.206. The van der Waals surface area contributed by atoms with E-state index in [1.54, 1.807) is 20.8 Å². The largest absolute Gasteiger partial charge is 0.411 e. The molecule has 0 amide bonds. The van der Waals surface area contributed by atoms with E-state index in [-0.39, 0.29) is 0 Å². The lowest BCUT2D eigenvalue weighted by atomic mass is 9.91. The average molecular weight is 126 g/mol. The second kappa shape index (κ2) is 2.49. The normalized spacial score (nSPS) is 12.9. The standard InChI is InChI=1S/C6H10N2O/c1-5(8-9)6(2,3)4-7/h9H,1-3H3/b8-5+. The second-order valence-electron chi connectivity index (χ2n) is 2.42. The molecular formula is C6H10N2O. The molecule has 1 N–H and O–H groups in total. The van der Waals surface area contributed by atoms with Gasteiger partial charge in [-0.25, -0.2) is 0 Å². The third-order valence-electron chi connectivity index (χ3n) is 1.33. The van der Waals surface area contributed by atoms with Crippen LogP contribution in [0.2, 0.25) is 0 Å². The fraction of sp³-hybridized carbons (Fsp3) is 0.667. The van der Waals surface area contributed by atoms with E-state index < -0.39 is 5.41 Å². The van der Waals surface area contributed by atoms with E-state index in [9.17, 15) is 0 Å². The van der Waals surface area contributed by atoms with E-state index in [1.807, 2.05) is 6.07 Å². The van der Waals surface area contributed by atoms with Crippen LogP contribution in [-0.4, -0.2) is 10.9 Å². The Balaban J connectivity index is 4.39. The molecule has 50 valence electrons. The Morgan fingerprint density at radius 3 is 2.22 bits per heavy atom. The van der Waals surface area contributed by atoms with Gasteiger partial charge in [0.15, 0.2) is 0 Å². The summed E-state index contributed by atoms with van der Waals surface area (Å²) in [4.78, 5) is 0. The highest BCUT2D eigenvalue weighted by atomic mass is 16.4. The summed E-state index contributed by atoms with van der Waals surface area (Å²) in [5, 5.41) is 19.6. The van der Waals surface area contributed by atoms with E-state index in [4.69, 9.17) is 10.5 Å². The van der Waals surface area contributed by atoms with Crippen molar-refractivity contribution >= 4 is 5.71 Å². The predicted molar refractivity (Wildman–Crippen MR) is 34.3 cm³/mol. The van der Waals surface area contributed by atoms with Crippen LogP contribution in [0.15, 0.2) is 5.16 Å². The van der Waals surface area contributed by atoms with Crippen LogP contribution in [-0.2, 0) is 0 Å². The van der Waals surface area contributed by atoms with Gasteiger partial charge in [0.25, 0.3) is 0 Å². The zero-order valence-electron chi connectivity index (χ0n) is 5.84. The van der Waals surface area contributed by atoms with E-state index >= 15 is 0 Å². The molecule has 0 fully saturated rings. The summed E-state index contributed by atoms with van der Waals surface area (Å²) >= 11 is 0. The van der Waals surface area contributed by atoms with Gasteiger partial charge >= 0.3 is 0 Å². The molecule has 0 saturated carbocycles. The van der Waals surface area contributed by atoms with Gasteiger partial charge in [-0.2, -0.15) is 5.26 Å². The Kier molecular flexibility index (Phi) is 2.20. The fourth-order valence-corrected chi connectivity index (χ4v) is 0.206. The van der Waals surface area contributed by atoms with Crippen LogP contribution in [0.25, 0.3) is 0 Å². The van der Waals surface area contributed by atoms with Gasteiger partial charge in [0.1, 0.15) is 0 Å². The van der Waals surface area contributed by atoms with Crippen LogP contribution >= 0.6 is 0 Å². The van der Waals surface area contributed by atoms with E-state index in [2.05, 4.69) is 5.16 Å². The van der Waals surface area contributed by atoms with Gasteiger partial charge in [-0.3, -0.25) is 0 Å². The first kappa shape index (κ1) is 7.96. The van der Waals surface area contributed by atoms with Gasteiger partial charge in [-0.15, -0.1) is 0 Å². The molecule has 0 heterocycles. The van der Waals surface area contributed by atoms with Crippen molar-refractivity contribution in [2.75, 3.05) is 0 Å². The van der Waals surface area contributed by atoms with E-state index in [1.165, 1.54) is 0 Å². The lowest BCUT2D eigenvalue weighted by molar-refractivity contribution is 0.313. The highest BCUT2D eigenvalue weighted by molar-refractivity contribution is 5.89. The van der Waals surface area contributed by atoms with Crippen molar-refractivity contribution in [1.82, 2.24) is 0 Å². The minimum Gasteiger partial charge on any atom is -0.411 e. The van der Waals surface area contributed by atoms with Crippen molar-refractivity contribution in [3.8, 4) is 6.07 Å². The van der Waals surface area contributed by atoms with Crippen LogP contribution in [0.3, 0.4) is 0 Å². The molecule has 0 aliphatic carbocycles. The van der Waals surface area contributed by atoms with Crippen molar-refractivity contribution in [3.05, 3.63) is 0 Å². The molecule has 0 radical (unpaired) electrons. The Morgan fingerprint density at radius 2 is 2.11 bits per heavy atom. The molecular weight excluding hydrogens is 116 g/mol. The Hall–Kier alpha value is -1.04. The first-order valence-electron chi connectivity index (χ1n) is 2.65. The summed E-state index contributed by atoms with van der Waals surface area (Å²) in [7, 11) is 0. The van der Waals surface area contributed by atoms with E-state index in [0.29, 0.717) is 5.71 Å². The number of hydrogen-bond donors (Lipinski definition) is 1. The van der Waals surface area contributed by atoms with Crippen molar-refractivity contribution < 1.29 is 5.21 Å². The number of oxime groups is 1. The average Bonchev–Trinajstić information content (AvgIpc) is 1.86. The van der Waals surface area contributed by atoms with Gasteiger partial charge in [0.2, 0.25) is 0 Å². The minimum absolute atomic E-state index is 0.435. The highest BCUT2D eigenvalue weighted by Crippen LogP contribution is 2.14. The molecule has 0 rings (SSSR count). The molecule has 0 aliphatic heterocycles. The molecule has 0 aromatic carbocycles. The van der Waals surface area contributed by atoms with Gasteiger partial charge < -0.3 is 5.21 Å². The smallest absolute Gasteiger partial charge is 0.0928 e. The van der Waals surface area contributed by atoms with Crippen LogP contribution in [0.4, 0.5) is 0 Å². The van der Waals surface area contributed by atoms with Crippen LogP contribution in [0.5, 0.6) is 0 Å². The number of rotatable bonds is 1. The zero-order valence-corrected chi connectivity index (χ0v) is 5.84. The quantitative estimate of drug-likeness (QED) is 0.328. The molecule has 0 saturated heterocycles. The maximum Gasteiger partial charge on any atom is 0.0928 e. The summed E-state index contributed by atoms with van der Waals surface area (Å²) in [6, 6.07) is 2.00. The molecule has 0 atom stereocenters. The Morgan fingerprint density at radius 1 is 1.67 bits per heavy atom. The monoisotopic (exact) mass is 126 g/mol. The Labute approximate surface area is 54.6 Å². The number of hydrogen-bond acceptors (Lipinski definition) is 3. The third kappa shape index (κ3) is 1.73. The van der Waals surface area contributed by atoms with Crippen molar-refractivity contribution in [3.63, 3.8) is 0 Å². The Bertz CT molecular complexity index is 164. The third-order valence-corrected chi connectivity index (χ3v) is 1.33. The second-order valence-corrected chi connectivity index (χ2v) is 2.42. The minimum atomic E-state index is -0.644. The van der Waals surface area contributed by atoms with Crippen LogP contribution in [0, 0.1) is 16.7 Å². The summed E-state index contributed by atoms with van der Waals surface area (Å²) in [5.74, 6) is 0. The summed E-state index contributed by atoms with van der Waals surface area (Å²) < 4.78 is 0. The molecule has 9 heavy (non-hydrogen) atoms. The van der Waals surface area contributed by atoms with Crippen LogP contribution in [0.1, 0.15) is 20.8 Å². The molecule has 3 heteroatoms. The van der Waals surface area contributed by atoms with Gasteiger partial charge in [0.05, 0.1) is 17.2 Å². The first-order valence-corrected chi connectivity index (χ1v) is 2.65. The van der Waals surface area contributed by atoms with Gasteiger partial charge in [-0.1, -0.05) is 5.16 Å². The molecule has 0 unspecified atom stereocenters. The lowest BCUT2D eigenvalue weighted by Crippen LogP contribution is -2.18.